The Balaban J connectivity index is 1.54. The van der Waals surface area contributed by atoms with E-state index in [1.807, 2.05) is 43.5 Å². The number of imidazole rings is 1. The Hall–Kier alpha value is -3.46. The average Bonchev–Trinajstić information content (AvgIpc) is 3.24. The molecule has 0 bridgehead atoms. The van der Waals surface area contributed by atoms with E-state index in [9.17, 15) is 22.2 Å². The minimum Gasteiger partial charge on any atom is -0.348 e. The lowest BCUT2D eigenvalue weighted by atomic mass is 10.1. The van der Waals surface area contributed by atoms with E-state index in [2.05, 4.69) is 10.3 Å². The van der Waals surface area contributed by atoms with Crippen LogP contribution in [0.4, 0.5) is 13.2 Å². The second-order valence-electron chi connectivity index (χ2n) is 9.03. The summed E-state index contributed by atoms with van der Waals surface area (Å²) in [4.78, 5) is 18.3. The first kappa shape index (κ1) is 26.6. The number of aromatic nitrogens is 2. The topological polar surface area (TPSA) is 64.0 Å². The SMILES string of the molecule is CCS(=O)c1ccc(CNC(=O)c2ccc3c(c2)nc(Cc2cccc(C(F)(F)F)c2)n3C(C)C)cc1. The standard InChI is InChI=1S/C28H28F3N3O2S/c1-4-37(36)23-11-8-19(9-12-23)17-32-27(35)21-10-13-25-24(16-21)33-26(34(25)18(2)3)15-20-6-5-7-22(14-20)28(29,30)31/h5-14,16,18H,4,15,17H2,1-3H3,(H,32,35). The van der Waals surface area contributed by atoms with Gasteiger partial charge in [0.1, 0.15) is 5.82 Å². The lowest BCUT2D eigenvalue weighted by molar-refractivity contribution is -0.137. The number of halogens is 3. The Morgan fingerprint density at radius 1 is 1.03 bits per heavy atom. The van der Waals surface area contributed by atoms with Crippen LogP contribution in [0.3, 0.4) is 0 Å². The van der Waals surface area contributed by atoms with Crippen molar-refractivity contribution in [1.82, 2.24) is 14.9 Å². The summed E-state index contributed by atoms with van der Waals surface area (Å²) >= 11 is 0. The molecule has 37 heavy (non-hydrogen) atoms. The van der Waals surface area contributed by atoms with Gasteiger partial charge in [-0.3, -0.25) is 9.00 Å². The van der Waals surface area contributed by atoms with Gasteiger partial charge in [0.2, 0.25) is 0 Å². The summed E-state index contributed by atoms with van der Waals surface area (Å²) in [5, 5.41) is 2.89. The number of amides is 1. The fourth-order valence-corrected chi connectivity index (χ4v) is 5.01. The zero-order valence-corrected chi connectivity index (χ0v) is 21.6. The number of hydrogen-bond acceptors (Lipinski definition) is 3. The van der Waals surface area contributed by atoms with Crippen LogP contribution in [0, 0.1) is 0 Å². The third kappa shape index (κ3) is 6.10. The Morgan fingerprint density at radius 3 is 2.41 bits per heavy atom. The highest BCUT2D eigenvalue weighted by atomic mass is 32.2. The highest BCUT2D eigenvalue weighted by Gasteiger charge is 2.30. The fourth-order valence-electron chi connectivity index (χ4n) is 4.24. The highest BCUT2D eigenvalue weighted by Crippen LogP contribution is 2.30. The number of rotatable bonds is 8. The normalized spacial score (nSPS) is 12.7. The molecule has 194 valence electrons. The average molecular weight is 528 g/mol. The molecule has 0 aliphatic heterocycles. The van der Waals surface area contributed by atoms with Crippen LogP contribution in [0.25, 0.3) is 11.0 Å². The molecule has 3 aromatic carbocycles. The molecule has 1 heterocycles. The van der Waals surface area contributed by atoms with Gasteiger partial charge in [0.05, 0.1) is 27.4 Å². The lowest BCUT2D eigenvalue weighted by Crippen LogP contribution is -2.22. The van der Waals surface area contributed by atoms with Gasteiger partial charge in [-0.25, -0.2) is 4.98 Å². The van der Waals surface area contributed by atoms with Crippen LogP contribution >= 0.6 is 0 Å². The molecular weight excluding hydrogens is 499 g/mol. The van der Waals surface area contributed by atoms with Crippen molar-refractivity contribution in [2.75, 3.05) is 5.75 Å². The molecule has 9 heteroatoms. The van der Waals surface area contributed by atoms with Crippen molar-refractivity contribution in [1.29, 1.82) is 0 Å². The van der Waals surface area contributed by atoms with Crippen LogP contribution in [0.5, 0.6) is 0 Å². The molecule has 1 N–H and O–H groups in total. The van der Waals surface area contributed by atoms with Gasteiger partial charge in [-0.2, -0.15) is 13.2 Å². The summed E-state index contributed by atoms with van der Waals surface area (Å²) in [6.07, 6.45) is -4.18. The van der Waals surface area contributed by atoms with Gasteiger partial charge >= 0.3 is 6.18 Å². The molecule has 0 saturated heterocycles. The van der Waals surface area contributed by atoms with Crippen molar-refractivity contribution >= 4 is 27.7 Å². The second-order valence-corrected chi connectivity index (χ2v) is 10.8. The summed E-state index contributed by atoms with van der Waals surface area (Å²) in [6, 6.07) is 17.8. The van der Waals surface area contributed by atoms with E-state index in [4.69, 9.17) is 0 Å². The molecule has 0 aliphatic carbocycles. The zero-order chi connectivity index (χ0) is 26.7. The van der Waals surface area contributed by atoms with Crippen molar-refractivity contribution in [3.63, 3.8) is 0 Å². The summed E-state index contributed by atoms with van der Waals surface area (Å²) in [5.74, 6) is 0.917. The maximum Gasteiger partial charge on any atom is 0.416 e. The Kier molecular flexibility index (Phi) is 7.82. The maximum absolute atomic E-state index is 13.2. The minimum atomic E-state index is -4.41. The molecule has 0 fully saturated rings. The third-order valence-corrected chi connectivity index (χ3v) is 7.38. The molecule has 4 rings (SSSR count). The predicted octanol–water partition coefficient (Wildman–Crippen LogP) is 6.28. The van der Waals surface area contributed by atoms with Crippen molar-refractivity contribution in [2.45, 2.75) is 50.9 Å². The van der Waals surface area contributed by atoms with Gasteiger partial charge in [0, 0.05) is 35.2 Å². The number of carbonyl (C=O) groups excluding carboxylic acids is 1. The number of alkyl halides is 3. The maximum atomic E-state index is 13.2. The van der Waals surface area contributed by atoms with Crippen molar-refractivity contribution in [3.05, 3.63) is 94.8 Å². The van der Waals surface area contributed by atoms with E-state index in [-0.39, 0.29) is 18.4 Å². The van der Waals surface area contributed by atoms with Crippen molar-refractivity contribution in [2.24, 2.45) is 0 Å². The quantitative estimate of drug-likeness (QED) is 0.293. The van der Waals surface area contributed by atoms with E-state index in [1.165, 1.54) is 6.07 Å². The van der Waals surface area contributed by atoms with E-state index in [1.54, 1.807) is 30.3 Å². The van der Waals surface area contributed by atoms with Gasteiger partial charge in [-0.15, -0.1) is 0 Å². The smallest absolute Gasteiger partial charge is 0.348 e. The first-order valence-corrected chi connectivity index (χ1v) is 13.3. The number of carbonyl (C=O) groups is 1. The molecule has 0 spiro atoms. The van der Waals surface area contributed by atoms with E-state index in [0.29, 0.717) is 34.8 Å². The largest absolute Gasteiger partial charge is 0.416 e. The van der Waals surface area contributed by atoms with Crippen LogP contribution in [0.1, 0.15) is 59.7 Å². The van der Waals surface area contributed by atoms with Gasteiger partial charge < -0.3 is 9.88 Å². The molecule has 0 aliphatic rings. The number of nitrogens with zero attached hydrogens (tertiary/aromatic N) is 2. The highest BCUT2D eigenvalue weighted by molar-refractivity contribution is 7.85. The Labute approximate surface area is 216 Å². The summed E-state index contributed by atoms with van der Waals surface area (Å²) in [6.45, 7) is 6.15. The fraction of sp³-hybridized carbons (Fsp3) is 0.286. The van der Waals surface area contributed by atoms with Gasteiger partial charge in [0.15, 0.2) is 0 Å². The minimum absolute atomic E-state index is 0.0236. The number of nitrogens with one attached hydrogen (secondary N) is 1. The van der Waals surface area contributed by atoms with Crippen LogP contribution in [-0.2, 0) is 29.9 Å². The van der Waals surface area contributed by atoms with Gasteiger partial charge in [-0.1, -0.05) is 37.3 Å². The van der Waals surface area contributed by atoms with Crippen LogP contribution < -0.4 is 5.32 Å². The van der Waals surface area contributed by atoms with Crippen molar-refractivity contribution < 1.29 is 22.2 Å². The predicted molar refractivity (Wildman–Crippen MR) is 139 cm³/mol. The summed E-state index contributed by atoms with van der Waals surface area (Å²) in [5.41, 5.74) is 2.57. The molecule has 1 unspecified atom stereocenters. The van der Waals surface area contributed by atoms with Crippen molar-refractivity contribution in [3.8, 4) is 0 Å². The summed E-state index contributed by atoms with van der Waals surface area (Å²) < 4.78 is 53.4. The molecule has 0 radical (unpaired) electrons. The van der Waals surface area contributed by atoms with Crippen LogP contribution in [-0.4, -0.2) is 25.4 Å². The van der Waals surface area contributed by atoms with E-state index >= 15 is 0 Å². The molecule has 0 saturated carbocycles. The summed E-state index contributed by atoms with van der Waals surface area (Å²) in [7, 11) is -1.02. The van der Waals surface area contributed by atoms with E-state index < -0.39 is 22.5 Å². The van der Waals surface area contributed by atoms with Crippen LogP contribution in [0.2, 0.25) is 0 Å². The zero-order valence-electron chi connectivity index (χ0n) is 20.8. The Morgan fingerprint density at radius 2 is 1.76 bits per heavy atom. The third-order valence-electron chi connectivity index (χ3n) is 6.06. The van der Waals surface area contributed by atoms with Gasteiger partial charge in [-0.05, 0) is 61.4 Å². The Bertz CT molecular complexity index is 1440. The first-order valence-electron chi connectivity index (χ1n) is 12.0. The number of benzene rings is 3. The molecule has 1 atom stereocenters. The molecule has 4 aromatic rings. The lowest BCUT2D eigenvalue weighted by Gasteiger charge is -2.14. The monoisotopic (exact) mass is 527 g/mol. The molecule has 1 amide bonds. The van der Waals surface area contributed by atoms with Gasteiger partial charge in [0.25, 0.3) is 5.91 Å². The van der Waals surface area contributed by atoms with Crippen LogP contribution in [0.15, 0.2) is 71.6 Å². The first-order chi connectivity index (χ1) is 17.6. The van der Waals surface area contributed by atoms with E-state index in [0.717, 1.165) is 28.1 Å². The second kappa shape index (κ2) is 10.9. The molecular formula is C28H28F3N3O2S. The molecule has 5 nitrogen and oxygen atoms in total. The number of fused-ring (bicyclic) bond motifs is 1. The number of hydrogen-bond donors (Lipinski definition) is 1. The molecule has 1 aromatic heterocycles.